The molecule has 0 spiro atoms. The Morgan fingerprint density at radius 3 is 1.28 bits per heavy atom. The summed E-state index contributed by atoms with van der Waals surface area (Å²) < 4.78 is 0. The maximum absolute atomic E-state index is 5.12. The lowest BCUT2D eigenvalue weighted by molar-refractivity contribution is 1.08. The van der Waals surface area contributed by atoms with Crippen molar-refractivity contribution < 1.29 is 0 Å². The van der Waals surface area contributed by atoms with Crippen LogP contribution >= 0.6 is 0 Å². The highest BCUT2D eigenvalue weighted by molar-refractivity contribution is 6.08. The highest BCUT2D eigenvalue weighted by Gasteiger charge is 2.24. The average Bonchev–Trinajstić information content (AvgIpc) is 3.38. The zero-order valence-corrected chi connectivity index (χ0v) is 35.9. The van der Waals surface area contributed by atoms with Crippen molar-refractivity contribution in [3.8, 4) is 89.8 Å². The van der Waals surface area contributed by atoms with Gasteiger partial charge in [0.05, 0.1) is 0 Å². The van der Waals surface area contributed by atoms with Crippen LogP contribution in [0.4, 0.5) is 0 Å². The topological polar surface area (TPSA) is 38.7 Å². The summed E-state index contributed by atoms with van der Waals surface area (Å²) in [4.78, 5) is 15.2. The van der Waals surface area contributed by atoms with E-state index in [-0.39, 0.29) is 0 Å². The highest BCUT2D eigenvalue weighted by Crippen LogP contribution is 2.49. The number of hydrogen-bond acceptors (Lipinski definition) is 3. The minimum Gasteiger partial charge on any atom is -0.208 e. The molecule has 0 aliphatic carbocycles. The smallest absolute Gasteiger partial charge is 0.164 e. The first kappa shape index (κ1) is 39.8. The van der Waals surface area contributed by atoms with E-state index in [4.69, 9.17) is 15.0 Å². The second-order valence-electron chi connectivity index (χ2n) is 15.8. The minimum atomic E-state index is 0.636. The standard InChI is InChI=1S/C61H45N3/c1-3-23-42(4-2)56-54(43-24-10-5-11-25-43)41-55(57(44-26-12-6-13-27-44)58(56)45-28-14-7-15-29-45)49-35-22-34-48(40-49)50-38-39-53(52-37-21-20-36-51(50)52)61-63-59(46-30-16-8-17-31-46)62-60(64-61)47-32-18-9-19-33-47/h3-41H,1-2H3/b23-3-,42-4+. The molecule has 3 heteroatoms. The Bertz CT molecular complexity index is 3240. The molecule has 64 heavy (non-hydrogen) atoms. The third-order valence-corrected chi connectivity index (χ3v) is 11.8. The molecule has 0 saturated heterocycles. The second kappa shape index (κ2) is 18.0. The quantitative estimate of drug-likeness (QED) is 0.129. The van der Waals surface area contributed by atoms with Crippen LogP contribution in [0.2, 0.25) is 0 Å². The number of nitrogens with zero attached hydrogens (tertiary/aromatic N) is 3. The molecule has 0 fully saturated rings. The van der Waals surface area contributed by atoms with Crippen LogP contribution in [-0.4, -0.2) is 15.0 Å². The molecule has 0 aliphatic rings. The van der Waals surface area contributed by atoms with Crippen LogP contribution in [0.5, 0.6) is 0 Å². The van der Waals surface area contributed by atoms with Gasteiger partial charge in [0.2, 0.25) is 0 Å². The van der Waals surface area contributed by atoms with E-state index in [1.807, 2.05) is 60.7 Å². The van der Waals surface area contributed by atoms with E-state index in [2.05, 4.69) is 190 Å². The van der Waals surface area contributed by atoms with Gasteiger partial charge in [0.25, 0.3) is 0 Å². The maximum atomic E-state index is 5.12. The van der Waals surface area contributed by atoms with Gasteiger partial charge in [-0.2, -0.15) is 0 Å². The molecular formula is C61H45N3. The Kier molecular flexibility index (Phi) is 11.2. The summed E-state index contributed by atoms with van der Waals surface area (Å²) in [7, 11) is 0. The van der Waals surface area contributed by atoms with Crippen molar-refractivity contribution in [1.29, 1.82) is 0 Å². The molecule has 10 aromatic rings. The molecule has 1 aromatic heterocycles. The van der Waals surface area contributed by atoms with Crippen LogP contribution in [0, 0.1) is 0 Å². The molecule has 0 aliphatic heterocycles. The molecule has 1 heterocycles. The van der Waals surface area contributed by atoms with Gasteiger partial charge in [-0.3, -0.25) is 0 Å². The fraction of sp³-hybridized carbons (Fsp3) is 0.0328. The summed E-state index contributed by atoms with van der Waals surface area (Å²) in [6.07, 6.45) is 6.61. The predicted octanol–water partition coefficient (Wildman–Crippen LogP) is 16.3. The first-order valence-electron chi connectivity index (χ1n) is 21.8. The number of allylic oxidation sites excluding steroid dienone is 4. The van der Waals surface area contributed by atoms with Crippen molar-refractivity contribution >= 4 is 16.3 Å². The van der Waals surface area contributed by atoms with Crippen molar-refractivity contribution in [2.24, 2.45) is 0 Å². The number of fused-ring (bicyclic) bond motifs is 1. The Morgan fingerprint density at radius 2 is 0.750 bits per heavy atom. The van der Waals surface area contributed by atoms with E-state index < -0.39 is 0 Å². The average molecular weight is 820 g/mol. The third kappa shape index (κ3) is 7.76. The van der Waals surface area contributed by atoms with E-state index in [0.717, 1.165) is 49.7 Å². The van der Waals surface area contributed by atoms with Crippen LogP contribution in [-0.2, 0) is 0 Å². The van der Waals surface area contributed by atoms with E-state index in [1.54, 1.807) is 0 Å². The van der Waals surface area contributed by atoms with Gasteiger partial charge in [0, 0.05) is 16.7 Å². The normalized spacial score (nSPS) is 11.6. The van der Waals surface area contributed by atoms with Gasteiger partial charge < -0.3 is 0 Å². The molecule has 0 radical (unpaired) electrons. The van der Waals surface area contributed by atoms with Crippen LogP contribution < -0.4 is 0 Å². The van der Waals surface area contributed by atoms with Crippen LogP contribution in [0.1, 0.15) is 19.4 Å². The van der Waals surface area contributed by atoms with E-state index in [0.29, 0.717) is 17.5 Å². The Labute approximate surface area is 375 Å². The second-order valence-corrected chi connectivity index (χ2v) is 15.8. The molecule has 0 atom stereocenters. The SMILES string of the molecule is C/C=C\C(=C/C)c1c(-c2ccccc2)cc(-c2cccc(-c3ccc(-c4nc(-c5ccccc5)nc(-c5ccccc5)n4)c4ccccc34)c2)c(-c2ccccc2)c1-c1ccccc1. The molecule has 3 nitrogen and oxygen atoms in total. The molecule has 304 valence electrons. The van der Waals surface area contributed by atoms with Crippen molar-refractivity contribution in [1.82, 2.24) is 15.0 Å². The summed E-state index contributed by atoms with van der Waals surface area (Å²) in [5, 5.41) is 2.20. The van der Waals surface area contributed by atoms with Gasteiger partial charge in [0.15, 0.2) is 17.5 Å². The van der Waals surface area contributed by atoms with Crippen molar-refractivity contribution in [3.05, 3.63) is 242 Å². The fourth-order valence-electron chi connectivity index (χ4n) is 8.89. The van der Waals surface area contributed by atoms with Crippen LogP contribution in [0.3, 0.4) is 0 Å². The predicted molar refractivity (Wildman–Crippen MR) is 269 cm³/mol. The van der Waals surface area contributed by atoms with Crippen LogP contribution in [0.25, 0.3) is 106 Å². The van der Waals surface area contributed by atoms with Crippen molar-refractivity contribution in [2.75, 3.05) is 0 Å². The van der Waals surface area contributed by atoms with Crippen molar-refractivity contribution in [3.63, 3.8) is 0 Å². The molecule has 0 N–H and O–H groups in total. The van der Waals surface area contributed by atoms with Crippen molar-refractivity contribution in [2.45, 2.75) is 13.8 Å². The zero-order valence-electron chi connectivity index (χ0n) is 35.9. The molecule has 0 saturated carbocycles. The number of benzene rings is 9. The fourth-order valence-corrected chi connectivity index (χ4v) is 8.89. The zero-order chi connectivity index (χ0) is 43.2. The maximum Gasteiger partial charge on any atom is 0.164 e. The minimum absolute atomic E-state index is 0.636. The van der Waals surface area contributed by atoms with Gasteiger partial charge in [-0.25, -0.2) is 15.0 Å². The third-order valence-electron chi connectivity index (χ3n) is 11.8. The number of rotatable bonds is 10. The first-order chi connectivity index (χ1) is 31.7. The van der Waals surface area contributed by atoms with E-state index >= 15 is 0 Å². The Balaban J connectivity index is 1.20. The summed E-state index contributed by atoms with van der Waals surface area (Å²) in [6, 6.07) is 77.3. The molecule has 9 aromatic carbocycles. The molecule has 0 unspecified atom stereocenters. The molecular weight excluding hydrogens is 775 g/mol. The molecule has 10 rings (SSSR count). The lowest BCUT2D eigenvalue weighted by Crippen LogP contribution is -2.01. The first-order valence-corrected chi connectivity index (χ1v) is 21.8. The summed E-state index contributed by atoms with van der Waals surface area (Å²) in [5.74, 6) is 1.92. The molecule has 0 bridgehead atoms. The van der Waals surface area contributed by atoms with E-state index in [1.165, 1.54) is 44.5 Å². The lowest BCUT2D eigenvalue weighted by Gasteiger charge is -2.25. The van der Waals surface area contributed by atoms with Gasteiger partial charge in [0.1, 0.15) is 0 Å². The Hall–Kier alpha value is -8.27. The highest BCUT2D eigenvalue weighted by atomic mass is 15.0. The van der Waals surface area contributed by atoms with E-state index in [9.17, 15) is 0 Å². The van der Waals surface area contributed by atoms with Gasteiger partial charge in [-0.05, 0) is 110 Å². The van der Waals surface area contributed by atoms with Gasteiger partial charge in [-0.1, -0.05) is 218 Å². The van der Waals surface area contributed by atoms with Gasteiger partial charge in [-0.15, -0.1) is 0 Å². The number of aromatic nitrogens is 3. The molecule has 0 amide bonds. The monoisotopic (exact) mass is 819 g/mol. The number of hydrogen-bond donors (Lipinski definition) is 0. The lowest BCUT2D eigenvalue weighted by atomic mass is 9.78. The Morgan fingerprint density at radius 1 is 0.328 bits per heavy atom. The largest absolute Gasteiger partial charge is 0.208 e. The van der Waals surface area contributed by atoms with Crippen LogP contribution in [0.15, 0.2) is 237 Å². The summed E-state index contributed by atoms with van der Waals surface area (Å²) in [6.45, 7) is 4.23. The van der Waals surface area contributed by atoms with Gasteiger partial charge >= 0.3 is 0 Å². The summed E-state index contributed by atoms with van der Waals surface area (Å²) >= 11 is 0. The summed E-state index contributed by atoms with van der Waals surface area (Å²) in [5.41, 5.74) is 16.9.